The molecule has 1 fully saturated rings. The molecule has 28 heavy (non-hydrogen) atoms. The standard InChI is InChI=1S/C21H22N2O5/c1-27-16-8-9-17(18(12-16)28-2)21(26)22-13-19(24)23(20(25)14-22)11-10-15-6-4-3-5-7-15/h3-9,12H,10-11,13-14H2,1-2H3. The quantitative estimate of drug-likeness (QED) is 0.712. The molecule has 3 amide bonds. The number of hydrogen-bond acceptors (Lipinski definition) is 5. The van der Waals surface area contributed by atoms with Gasteiger partial charge in [0, 0.05) is 12.6 Å². The summed E-state index contributed by atoms with van der Waals surface area (Å²) >= 11 is 0. The second-order valence-corrected chi connectivity index (χ2v) is 6.40. The third-order valence-corrected chi connectivity index (χ3v) is 4.65. The minimum atomic E-state index is -0.427. The van der Waals surface area contributed by atoms with Gasteiger partial charge in [0.1, 0.15) is 24.6 Å². The van der Waals surface area contributed by atoms with E-state index in [0.717, 1.165) is 5.56 Å². The molecule has 0 atom stereocenters. The second kappa shape index (κ2) is 8.56. The van der Waals surface area contributed by atoms with Crippen LogP contribution >= 0.6 is 0 Å². The number of amides is 3. The largest absolute Gasteiger partial charge is 0.497 e. The van der Waals surface area contributed by atoms with Gasteiger partial charge in [-0.15, -0.1) is 0 Å². The van der Waals surface area contributed by atoms with Crippen LogP contribution in [0.1, 0.15) is 15.9 Å². The first-order chi connectivity index (χ1) is 13.5. The number of ether oxygens (including phenoxy) is 2. The van der Waals surface area contributed by atoms with Gasteiger partial charge in [-0.2, -0.15) is 0 Å². The van der Waals surface area contributed by atoms with Crippen molar-refractivity contribution in [1.29, 1.82) is 0 Å². The third kappa shape index (κ3) is 4.14. The molecule has 0 radical (unpaired) electrons. The van der Waals surface area contributed by atoms with E-state index in [1.54, 1.807) is 18.2 Å². The number of nitrogens with zero attached hydrogens (tertiary/aromatic N) is 2. The van der Waals surface area contributed by atoms with Crippen LogP contribution in [0.2, 0.25) is 0 Å². The van der Waals surface area contributed by atoms with E-state index in [1.807, 2.05) is 30.3 Å². The first-order valence-corrected chi connectivity index (χ1v) is 8.92. The summed E-state index contributed by atoms with van der Waals surface area (Å²) in [5.41, 5.74) is 1.33. The highest BCUT2D eigenvalue weighted by molar-refractivity contribution is 6.06. The Balaban J connectivity index is 1.69. The molecule has 1 aliphatic heterocycles. The molecule has 0 unspecified atom stereocenters. The normalized spacial score (nSPS) is 14.2. The van der Waals surface area contributed by atoms with Gasteiger partial charge in [0.2, 0.25) is 11.8 Å². The molecule has 7 heteroatoms. The zero-order chi connectivity index (χ0) is 20.1. The van der Waals surface area contributed by atoms with E-state index in [9.17, 15) is 14.4 Å². The molecule has 0 aliphatic carbocycles. The minimum absolute atomic E-state index is 0.144. The Bertz CT molecular complexity index is 864. The Hall–Kier alpha value is -3.35. The van der Waals surface area contributed by atoms with Crippen LogP contribution in [0.5, 0.6) is 11.5 Å². The molecule has 0 aromatic heterocycles. The Morgan fingerprint density at radius 3 is 2.25 bits per heavy atom. The fourth-order valence-electron chi connectivity index (χ4n) is 3.12. The summed E-state index contributed by atoms with van der Waals surface area (Å²) in [6.07, 6.45) is 0.582. The zero-order valence-electron chi connectivity index (χ0n) is 15.9. The van der Waals surface area contributed by atoms with Gasteiger partial charge in [-0.3, -0.25) is 19.3 Å². The maximum atomic E-state index is 12.8. The predicted octanol–water partition coefficient (Wildman–Crippen LogP) is 1.76. The predicted molar refractivity (Wildman–Crippen MR) is 102 cm³/mol. The number of rotatable bonds is 6. The Labute approximate surface area is 163 Å². The summed E-state index contributed by atoms with van der Waals surface area (Å²) in [5.74, 6) is -0.313. The average Bonchev–Trinajstić information content (AvgIpc) is 2.72. The van der Waals surface area contributed by atoms with E-state index in [-0.39, 0.29) is 30.5 Å². The molecule has 0 bridgehead atoms. The first kappa shape index (κ1) is 19.4. The fourth-order valence-corrected chi connectivity index (χ4v) is 3.12. The third-order valence-electron chi connectivity index (χ3n) is 4.65. The van der Waals surface area contributed by atoms with Gasteiger partial charge >= 0.3 is 0 Å². The summed E-state index contributed by atoms with van der Waals surface area (Å²) in [4.78, 5) is 40.3. The Morgan fingerprint density at radius 2 is 1.64 bits per heavy atom. The van der Waals surface area contributed by atoms with Gasteiger partial charge in [0.25, 0.3) is 5.91 Å². The van der Waals surface area contributed by atoms with Crippen LogP contribution in [0.25, 0.3) is 0 Å². The van der Waals surface area contributed by atoms with Crippen molar-refractivity contribution in [2.75, 3.05) is 33.9 Å². The average molecular weight is 382 g/mol. The molecule has 1 aliphatic rings. The van der Waals surface area contributed by atoms with Gasteiger partial charge in [0.15, 0.2) is 0 Å². The van der Waals surface area contributed by atoms with E-state index >= 15 is 0 Å². The number of carbonyl (C=O) groups is 3. The van der Waals surface area contributed by atoms with Crippen LogP contribution in [0.15, 0.2) is 48.5 Å². The van der Waals surface area contributed by atoms with Crippen LogP contribution in [-0.4, -0.2) is 61.4 Å². The lowest BCUT2D eigenvalue weighted by molar-refractivity contribution is -0.150. The van der Waals surface area contributed by atoms with Gasteiger partial charge < -0.3 is 14.4 Å². The molecule has 1 heterocycles. The van der Waals surface area contributed by atoms with Crippen molar-refractivity contribution in [1.82, 2.24) is 9.80 Å². The molecular weight excluding hydrogens is 360 g/mol. The molecule has 0 N–H and O–H groups in total. The molecule has 146 valence electrons. The molecule has 0 saturated carbocycles. The van der Waals surface area contributed by atoms with Crippen LogP contribution in [0.3, 0.4) is 0 Å². The summed E-state index contributed by atoms with van der Waals surface area (Å²) in [7, 11) is 2.96. The number of benzene rings is 2. The molecule has 2 aromatic rings. The van der Waals surface area contributed by atoms with Crippen molar-refractivity contribution in [3.63, 3.8) is 0 Å². The van der Waals surface area contributed by atoms with Crippen molar-refractivity contribution in [3.8, 4) is 11.5 Å². The van der Waals surface area contributed by atoms with E-state index in [0.29, 0.717) is 24.5 Å². The van der Waals surface area contributed by atoms with Crippen LogP contribution in [0, 0.1) is 0 Å². The van der Waals surface area contributed by atoms with Gasteiger partial charge in [0.05, 0.1) is 19.8 Å². The van der Waals surface area contributed by atoms with Gasteiger partial charge in [-0.25, -0.2) is 0 Å². The molecule has 3 rings (SSSR count). The van der Waals surface area contributed by atoms with Crippen molar-refractivity contribution < 1.29 is 23.9 Å². The van der Waals surface area contributed by atoms with E-state index < -0.39 is 5.91 Å². The van der Waals surface area contributed by atoms with Crippen LogP contribution < -0.4 is 9.47 Å². The first-order valence-electron chi connectivity index (χ1n) is 8.92. The summed E-state index contributed by atoms with van der Waals surface area (Å²) < 4.78 is 10.4. The van der Waals surface area contributed by atoms with Crippen LogP contribution in [0.4, 0.5) is 0 Å². The molecule has 2 aromatic carbocycles. The highest BCUT2D eigenvalue weighted by Crippen LogP contribution is 2.26. The van der Waals surface area contributed by atoms with E-state index in [2.05, 4.69) is 0 Å². The molecule has 1 saturated heterocycles. The minimum Gasteiger partial charge on any atom is -0.497 e. The van der Waals surface area contributed by atoms with Gasteiger partial charge in [-0.05, 0) is 24.1 Å². The molecule has 7 nitrogen and oxygen atoms in total. The van der Waals surface area contributed by atoms with Crippen molar-refractivity contribution in [3.05, 3.63) is 59.7 Å². The fraction of sp³-hybridized carbons (Fsp3) is 0.286. The summed E-state index contributed by atoms with van der Waals surface area (Å²) in [6, 6.07) is 14.4. The smallest absolute Gasteiger partial charge is 0.258 e. The zero-order valence-corrected chi connectivity index (χ0v) is 15.9. The SMILES string of the molecule is COc1ccc(C(=O)N2CC(=O)N(CCc3ccccc3)C(=O)C2)c(OC)c1. The monoisotopic (exact) mass is 382 g/mol. The van der Waals surface area contributed by atoms with Crippen molar-refractivity contribution in [2.24, 2.45) is 0 Å². The highest BCUT2D eigenvalue weighted by Gasteiger charge is 2.34. The number of hydrogen-bond donors (Lipinski definition) is 0. The number of methoxy groups -OCH3 is 2. The number of carbonyl (C=O) groups excluding carboxylic acids is 3. The van der Waals surface area contributed by atoms with Crippen LogP contribution in [-0.2, 0) is 16.0 Å². The molecule has 0 spiro atoms. The topological polar surface area (TPSA) is 76.2 Å². The van der Waals surface area contributed by atoms with Crippen molar-refractivity contribution >= 4 is 17.7 Å². The van der Waals surface area contributed by atoms with Gasteiger partial charge in [-0.1, -0.05) is 30.3 Å². The second-order valence-electron chi connectivity index (χ2n) is 6.40. The highest BCUT2D eigenvalue weighted by atomic mass is 16.5. The van der Waals surface area contributed by atoms with E-state index in [1.165, 1.54) is 24.0 Å². The Kier molecular flexibility index (Phi) is 5.93. The maximum absolute atomic E-state index is 12.8. The summed E-state index contributed by atoms with van der Waals surface area (Å²) in [5, 5.41) is 0. The Morgan fingerprint density at radius 1 is 0.964 bits per heavy atom. The lowest BCUT2D eigenvalue weighted by atomic mass is 10.1. The number of piperazine rings is 1. The van der Waals surface area contributed by atoms with E-state index in [4.69, 9.17) is 9.47 Å². The maximum Gasteiger partial charge on any atom is 0.258 e. The summed E-state index contributed by atoms with van der Waals surface area (Å²) in [6.45, 7) is 0.0126. The lowest BCUT2D eigenvalue weighted by Crippen LogP contribution is -2.56. The number of imide groups is 1. The molecular formula is C21H22N2O5. The lowest BCUT2D eigenvalue weighted by Gasteiger charge is -2.33. The van der Waals surface area contributed by atoms with Crippen molar-refractivity contribution in [2.45, 2.75) is 6.42 Å².